The third-order valence-corrected chi connectivity index (χ3v) is 4.35. The van der Waals surface area contributed by atoms with Gasteiger partial charge >= 0.3 is 5.97 Å². The quantitative estimate of drug-likeness (QED) is 0.611. The highest BCUT2D eigenvalue weighted by atomic mass is 16.5. The summed E-state index contributed by atoms with van der Waals surface area (Å²) < 4.78 is 4.72. The zero-order chi connectivity index (χ0) is 20.3. The van der Waals surface area contributed by atoms with Crippen LogP contribution in [-0.4, -0.2) is 23.0 Å². The van der Waals surface area contributed by atoms with E-state index in [0.29, 0.717) is 17.2 Å². The van der Waals surface area contributed by atoms with Crippen LogP contribution in [0.1, 0.15) is 32.9 Å². The molecule has 2 aromatic carbocycles. The van der Waals surface area contributed by atoms with Crippen molar-refractivity contribution in [2.75, 3.05) is 17.7 Å². The number of rotatable bonds is 5. The summed E-state index contributed by atoms with van der Waals surface area (Å²) in [6.07, 6.45) is 0. The van der Waals surface area contributed by atoms with Crippen LogP contribution in [-0.2, 0) is 4.74 Å². The van der Waals surface area contributed by atoms with Crippen LogP contribution >= 0.6 is 0 Å². The van der Waals surface area contributed by atoms with Crippen molar-refractivity contribution in [1.29, 1.82) is 0 Å². The molecule has 0 saturated carbocycles. The molecule has 144 valence electrons. The lowest BCUT2D eigenvalue weighted by Gasteiger charge is -2.15. The van der Waals surface area contributed by atoms with Crippen molar-refractivity contribution in [2.45, 2.75) is 27.7 Å². The summed E-state index contributed by atoms with van der Waals surface area (Å²) in [5.41, 5.74) is 5.94. The molecule has 3 rings (SSSR count). The van der Waals surface area contributed by atoms with Crippen molar-refractivity contribution in [3.05, 3.63) is 70.5 Å². The van der Waals surface area contributed by atoms with Crippen LogP contribution in [0.25, 0.3) is 0 Å². The summed E-state index contributed by atoms with van der Waals surface area (Å²) in [6.45, 7) is 8.11. The van der Waals surface area contributed by atoms with E-state index in [9.17, 15) is 4.79 Å². The maximum absolute atomic E-state index is 11.6. The smallest absolute Gasteiger partial charge is 0.337 e. The number of carbonyl (C=O) groups excluding carboxylic acids is 1. The molecule has 0 aliphatic carbocycles. The number of aryl methyl sites for hydroxylation is 4. The first kappa shape index (κ1) is 19.4. The zero-order valence-electron chi connectivity index (χ0n) is 16.8. The van der Waals surface area contributed by atoms with Crippen LogP contribution in [0, 0.1) is 27.7 Å². The second-order valence-electron chi connectivity index (χ2n) is 6.78. The Morgan fingerprint density at radius 3 is 2.00 bits per heavy atom. The van der Waals surface area contributed by atoms with E-state index >= 15 is 0 Å². The molecule has 0 aliphatic heterocycles. The molecule has 3 aromatic rings. The molecule has 0 radical (unpaired) electrons. The van der Waals surface area contributed by atoms with E-state index in [-0.39, 0.29) is 5.97 Å². The van der Waals surface area contributed by atoms with E-state index in [1.165, 1.54) is 23.8 Å². The maximum Gasteiger partial charge on any atom is 0.337 e. The van der Waals surface area contributed by atoms with E-state index in [1.54, 1.807) is 12.1 Å². The number of carbonyl (C=O) groups is 1. The Morgan fingerprint density at radius 2 is 1.43 bits per heavy atom. The minimum Gasteiger partial charge on any atom is -0.465 e. The Morgan fingerprint density at radius 1 is 0.857 bits per heavy atom. The second kappa shape index (κ2) is 8.08. The summed E-state index contributed by atoms with van der Waals surface area (Å²) in [7, 11) is 1.37. The number of esters is 1. The van der Waals surface area contributed by atoms with Crippen LogP contribution in [0.3, 0.4) is 0 Å². The molecule has 6 heteroatoms. The number of benzene rings is 2. The van der Waals surface area contributed by atoms with Gasteiger partial charge in [0.25, 0.3) is 0 Å². The standard InChI is InChI=1S/C22H24N4O2/c1-13-10-14(2)21(15(3)11-13)26-20-12-19(23-16(4)24-20)25-18-8-6-17(7-9-18)22(27)28-5/h6-12H,1-5H3,(H2,23,24,25,26). The number of methoxy groups -OCH3 is 1. The summed E-state index contributed by atoms with van der Waals surface area (Å²) in [6, 6.07) is 13.2. The lowest BCUT2D eigenvalue weighted by molar-refractivity contribution is 0.0601. The van der Waals surface area contributed by atoms with Gasteiger partial charge in [0.05, 0.1) is 12.7 Å². The number of ether oxygens (including phenoxy) is 1. The highest BCUT2D eigenvalue weighted by Crippen LogP contribution is 2.26. The van der Waals surface area contributed by atoms with E-state index < -0.39 is 0 Å². The molecule has 1 heterocycles. The first-order valence-electron chi connectivity index (χ1n) is 9.01. The van der Waals surface area contributed by atoms with E-state index in [1.807, 2.05) is 25.1 Å². The van der Waals surface area contributed by atoms with Crippen molar-refractivity contribution >= 4 is 29.0 Å². The molecule has 0 spiro atoms. The van der Waals surface area contributed by atoms with Gasteiger partial charge in [-0.3, -0.25) is 0 Å². The first-order valence-corrected chi connectivity index (χ1v) is 9.01. The lowest BCUT2D eigenvalue weighted by Crippen LogP contribution is -2.04. The largest absolute Gasteiger partial charge is 0.465 e. The molecule has 0 amide bonds. The second-order valence-corrected chi connectivity index (χ2v) is 6.78. The SMILES string of the molecule is COC(=O)c1ccc(Nc2cc(Nc3c(C)cc(C)cc3C)nc(C)n2)cc1. The molecule has 1 aromatic heterocycles. The minimum absolute atomic E-state index is 0.361. The molecular formula is C22H24N4O2. The molecular weight excluding hydrogens is 352 g/mol. The summed E-state index contributed by atoms with van der Waals surface area (Å²) in [4.78, 5) is 20.5. The van der Waals surface area contributed by atoms with Gasteiger partial charge in [-0.25, -0.2) is 14.8 Å². The van der Waals surface area contributed by atoms with Crippen LogP contribution in [0.5, 0.6) is 0 Å². The zero-order valence-corrected chi connectivity index (χ0v) is 16.8. The summed E-state index contributed by atoms with van der Waals surface area (Å²) in [5, 5.41) is 6.66. The normalized spacial score (nSPS) is 10.5. The third-order valence-electron chi connectivity index (χ3n) is 4.35. The van der Waals surface area contributed by atoms with E-state index in [4.69, 9.17) is 4.74 Å². The topological polar surface area (TPSA) is 76.1 Å². The number of anilines is 4. The predicted molar refractivity (Wildman–Crippen MR) is 112 cm³/mol. The predicted octanol–water partition coefficient (Wildman–Crippen LogP) is 4.98. The van der Waals surface area contributed by atoms with Gasteiger partial charge in [0, 0.05) is 17.4 Å². The van der Waals surface area contributed by atoms with Gasteiger partial charge in [-0.2, -0.15) is 0 Å². The van der Waals surface area contributed by atoms with Crippen LogP contribution in [0.2, 0.25) is 0 Å². The molecule has 2 N–H and O–H groups in total. The molecule has 0 unspecified atom stereocenters. The van der Waals surface area contributed by atoms with E-state index in [2.05, 4.69) is 53.5 Å². The Hall–Kier alpha value is -3.41. The third kappa shape index (κ3) is 4.46. The minimum atomic E-state index is -0.361. The number of aromatic nitrogens is 2. The number of nitrogens with one attached hydrogen (secondary N) is 2. The van der Waals surface area contributed by atoms with Gasteiger partial charge < -0.3 is 15.4 Å². The summed E-state index contributed by atoms with van der Waals surface area (Å²) >= 11 is 0. The van der Waals surface area contributed by atoms with Crippen molar-refractivity contribution in [3.8, 4) is 0 Å². The van der Waals surface area contributed by atoms with Crippen molar-refractivity contribution < 1.29 is 9.53 Å². The molecule has 0 aliphatic rings. The van der Waals surface area contributed by atoms with Crippen LogP contribution < -0.4 is 10.6 Å². The van der Waals surface area contributed by atoms with Gasteiger partial charge in [0.2, 0.25) is 0 Å². The Labute approximate surface area is 165 Å². The molecule has 6 nitrogen and oxygen atoms in total. The summed E-state index contributed by atoms with van der Waals surface area (Å²) in [5.74, 6) is 1.68. The fourth-order valence-electron chi connectivity index (χ4n) is 3.16. The Bertz CT molecular complexity index is 991. The average molecular weight is 376 g/mol. The molecule has 0 saturated heterocycles. The van der Waals surface area contributed by atoms with Crippen LogP contribution in [0.4, 0.5) is 23.0 Å². The first-order chi connectivity index (χ1) is 13.4. The Balaban J connectivity index is 1.83. The lowest BCUT2D eigenvalue weighted by atomic mass is 10.1. The fourth-order valence-corrected chi connectivity index (χ4v) is 3.16. The van der Waals surface area contributed by atoms with Crippen molar-refractivity contribution in [2.24, 2.45) is 0 Å². The van der Waals surface area contributed by atoms with Gasteiger partial charge in [-0.05, 0) is 63.1 Å². The molecule has 0 fully saturated rings. The van der Waals surface area contributed by atoms with Crippen LogP contribution in [0.15, 0.2) is 42.5 Å². The van der Waals surface area contributed by atoms with Gasteiger partial charge in [-0.1, -0.05) is 17.7 Å². The molecule has 0 bridgehead atoms. The van der Waals surface area contributed by atoms with Crippen molar-refractivity contribution in [1.82, 2.24) is 9.97 Å². The number of nitrogens with zero attached hydrogens (tertiary/aromatic N) is 2. The number of hydrogen-bond acceptors (Lipinski definition) is 6. The maximum atomic E-state index is 11.6. The van der Waals surface area contributed by atoms with Gasteiger partial charge in [0.15, 0.2) is 0 Å². The number of hydrogen-bond donors (Lipinski definition) is 2. The Kier molecular flexibility index (Phi) is 5.59. The van der Waals surface area contributed by atoms with Gasteiger partial charge in [-0.15, -0.1) is 0 Å². The fraction of sp³-hybridized carbons (Fsp3) is 0.227. The highest BCUT2D eigenvalue weighted by molar-refractivity contribution is 5.89. The van der Waals surface area contributed by atoms with Gasteiger partial charge in [0.1, 0.15) is 17.5 Å². The average Bonchev–Trinajstić information content (AvgIpc) is 2.64. The molecule has 28 heavy (non-hydrogen) atoms. The highest BCUT2D eigenvalue weighted by Gasteiger charge is 2.09. The monoisotopic (exact) mass is 376 g/mol. The van der Waals surface area contributed by atoms with E-state index in [0.717, 1.165) is 17.2 Å². The van der Waals surface area contributed by atoms with Crippen molar-refractivity contribution in [3.63, 3.8) is 0 Å². The molecule has 0 atom stereocenters.